The van der Waals surface area contributed by atoms with Crippen LogP contribution >= 0.6 is 0 Å². The first-order valence-electron chi connectivity index (χ1n) is 6.19. The standard InChI is InChI=1S/C13H15N3O2/c17-9-11-13-14-6-2-7-16(13)12(15-11)5-4-10-3-1-8-18-10/h1,3,8-9,14H,2,4-7H2. The Morgan fingerprint density at radius 3 is 3.22 bits per heavy atom. The van der Waals surface area contributed by atoms with Crippen molar-refractivity contribution in [3.8, 4) is 0 Å². The van der Waals surface area contributed by atoms with Crippen molar-refractivity contribution in [3.63, 3.8) is 0 Å². The lowest BCUT2D eigenvalue weighted by molar-refractivity contribution is 0.112. The molecule has 0 saturated carbocycles. The van der Waals surface area contributed by atoms with E-state index in [1.54, 1.807) is 6.26 Å². The molecule has 0 aliphatic carbocycles. The van der Waals surface area contributed by atoms with E-state index in [1.165, 1.54) is 0 Å². The van der Waals surface area contributed by atoms with Gasteiger partial charge in [0.05, 0.1) is 6.26 Å². The fourth-order valence-electron chi connectivity index (χ4n) is 2.35. The molecule has 18 heavy (non-hydrogen) atoms. The van der Waals surface area contributed by atoms with E-state index in [0.717, 1.165) is 56.0 Å². The highest BCUT2D eigenvalue weighted by Crippen LogP contribution is 2.22. The van der Waals surface area contributed by atoms with E-state index < -0.39 is 0 Å². The Morgan fingerprint density at radius 1 is 1.50 bits per heavy atom. The van der Waals surface area contributed by atoms with Crippen LogP contribution in [-0.4, -0.2) is 22.4 Å². The number of aldehydes is 1. The van der Waals surface area contributed by atoms with Gasteiger partial charge in [-0.25, -0.2) is 4.98 Å². The van der Waals surface area contributed by atoms with Crippen LogP contribution in [-0.2, 0) is 19.4 Å². The van der Waals surface area contributed by atoms with E-state index in [1.807, 2.05) is 12.1 Å². The topological polar surface area (TPSA) is 60.1 Å². The Balaban J connectivity index is 1.83. The van der Waals surface area contributed by atoms with E-state index in [2.05, 4.69) is 14.9 Å². The molecule has 0 fully saturated rings. The second kappa shape index (κ2) is 4.68. The summed E-state index contributed by atoms with van der Waals surface area (Å²) >= 11 is 0. The maximum Gasteiger partial charge on any atom is 0.172 e. The van der Waals surface area contributed by atoms with Crippen LogP contribution in [0.25, 0.3) is 0 Å². The molecule has 1 aliphatic heterocycles. The largest absolute Gasteiger partial charge is 0.469 e. The first-order chi connectivity index (χ1) is 8.88. The molecule has 0 spiro atoms. The van der Waals surface area contributed by atoms with Gasteiger partial charge in [0, 0.05) is 25.9 Å². The number of aromatic nitrogens is 2. The fourth-order valence-corrected chi connectivity index (χ4v) is 2.35. The minimum absolute atomic E-state index is 0.518. The Kier molecular flexibility index (Phi) is 2.88. The van der Waals surface area contributed by atoms with Crippen LogP contribution in [0.4, 0.5) is 5.82 Å². The highest BCUT2D eigenvalue weighted by molar-refractivity contribution is 5.80. The quantitative estimate of drug-likeness (QED) is 0.836. The van der Waals surface area contributed by atoms with Gasteiger partial charge >= 0.3 is 0 Å². The van der Waals surface area contributed by atoms with Gasteiger partial charge in [0.2, 0.25) is 0 Å². The van der Waals surface area contributed by atoms with Gasteiger partial charge in [0.15, 0.2) is 6.29 Å². The fraction of sp³-hybridized carbons (Fsp3) is 0.385. The molecule has 0 radical (unpaired) electrons. The van der Waals surface area contributed by atoms with Gasteiger partial charge in [0.1, 0.15) is 23.1 Å². The minimum Gasteiger partial charge on any atom is -0.469 e. The Bertz CT molecular complexity index is 543. The molecule has 0 unspecified atom stereocenters. The van der Waals surface area contributed by atoms with Crippen LogP contribution in [0.5, 0.6) is 0 Å². The number of aryl methyl sites for hydroxylation is 2. The molecule has 3 heterocycles. The van der Waals surface area contributed by atoms with E-state index in [9.17, 15) is 4.79 Å². The second-order valence-electron chi connectivity index (χ2n) is 4.39. The number of nitrogens with one attached hydrogen (secondary N) is 1. The second-order valence-corrected chi connectivity index (χ2v) is 4.39. The number of hydrogen-bond donors (Lipinski definition) is 1. The summed E-state index contributed by atoms with van der Waals surface area (Å²) in [6.45, 7) is 1.83. The molecule has 0 aromatic carbocycles. The van der Waals surface area contributed by atoms with Crippen LogP contribution in [0.15, 0.2) is 22.8 Å². The molecule has 0 amide bonds. The summed E-state index contributed by atoms with van der Waals surface area (Å²) in [6, 6.07) is 3.84. The summed E-state index contributed by atoms with van der Waals surface area (Å²) in [5.74, 6) is 2.77. The maximum absolute atomic E-state index is 11.0. The predicted octanol–water partition coefficient (Wildman–Crippen LogP) is 1.89. The number of carbonyl (C=O) groups excluding carboxylic acids is 1. The zero-order chi connectivity index (χ0) is 12.4. The first kappa shape index (κ1) is 11.1. The van der Waals surface area contributed by atoms with Crippen LogP contribution in [0, 0.1) is 0 Å². The number of anilines is 1. The van der Waals surface area contributed by atoms with Crippen molar-refractivity contribution < 1.29 is 9.21 Å². The first-order valence-corrected chi connectivity index (χ1v) is 6.19. The molecule has 3 rings (SSSR count). The molecular weight excluding hydrogens is 230 g/mol. The lowest BCUT2D eigenvalue weighted by Gasteiger charge is -2.18. The number of rotatable bonds is 4. The van der Waals surface area contributed by atoms with Gasteiger partial charge in [-0.1, -0.05) is 0 Å². The molecule has 5 nitrogen and oxygen atoms in total. The number of carbonyl (C=O) groups is 1. The summed E-state index contributed by atoms with van der Waals surface area (Å²) in [5.41, 5.74) is 0.518. The summed E-state index contributed by atoms with van der Waals surface area (Å²) in [5, 5.41) is 3.24. The van der Waals surface area contributed by atoms with Crippen molar-refractivity contribution in [1.29, 1.82) is 0 Å². The molecule has 0 atom stereocenters. The third kappa shape index (κ3) is 1.92. The lowest BCUT2D eigenvalue weighted by Crippen LogP contribution is -2.19. The highest BCUT2D eigenvalue weighted by atomic mass is 16.3. The third-order valence-corrected chi connectivity index (χ3v) is 3.21. The van der Waals surface area contributed by atoms with Crippen molar-refractivity contribution in [1.82, 2.24) is 9.55 Å². The van der Waals surface area contributed by atoms with Crippen LogP contribution in [0.1, 0.15) is 28.5 Å². The summed E-state index contributed by atoms with van der Waals surface area (Å²) < 4.78 is 7.42. The Morgan fingerprint density at radius 2 is 2.44 bits per heavy atom. The average Bonchev–Trinajstić information content (AvgIpc) is 3.04. The maximum atomic E-state index is 11.0. The Labute approximate surface area is 105 Å². The third-order valence-electron chi connectivity index (χ3n) is 3.21. The van der Waals surface area contributed by atoms with Crippen LogP contribution in [0.3, 0.4) is 0 Å². The molecule has 94 valence electrons. The van der Waals surface area contributed by atoms with Crippen molar-refractivity contribution in [2.24, 2.45) is 0 Å². The normalized spacial score (nSPS) is 14.0. The van der Waals surface area contributed by atoms with Gasteiger partial charge in [-0.05, 0) is 18.6 Å². The zero-order valence-electron chi connectivity index (χ0n) is 10.1. The van der Waals surface area contributed by atoms with E-state index in [4.69, 9.17) is 4.42 Å². The van der Waals surface area contributed by atoms with Crippen LogP contribution in [0.2, 0.25) is 0 Å². The molecule has 1 N–H and O–H groups in total. The summed E-state index contributed by atoms with van der Waals surface area (Å²) in [4.78, 5) is 15.4. The Hall–Kier alpha value is -2.04. The average molecular weight is 245 g/mol. The monoisotopic (exact) mass is 245 g/mol. The molecule has 0 bridgehead atoms. The number of imidazole rings is 1. The SMILES string of the molecule is O=Cc1nc(CCc2ccco2)n2c1NCCC2. The minimum atomic E-state index is 0.518. The molecule has 1 aliphatic rings. The molecule has 5 heteroatoms. The van der Waals surface area contributed by atoms with Gasteiger partial charge in [-0.15, -0.1) is 0 Å². The lowest BCUT2D eigenvalue weighted by atomic mass is 10.2. The highest BCUT2D eigenvalue weighted by Gasteiger charge is 2.19. The van der Waals surface area contributed by atoms with Gasteiger partial charge in [0.25, 0.3) is 0 Å². The van der Waals surface area contributed by atoms with Crippen molar-refractivity contribution in [2.75, 3.05) is 11.9 Å². The van der Waals surface area contributed by atoms with E-state index in [-0.39, 0.29) is 0 Å². The van der Waals surface area contributed by atoms with E-state index >= 15 is 0 Å². The van der Waals surface area contributed by atoms with Crippen molar-refractivity contribution >= 4 is 12.1 Å². The van der Waals surface area contributed by atoms with Crippen molar-refractivity contribution in [3.05, 3.63) is 35.7 Å². The number of fused-ring (bicyclic) bond motifs is 1. The molecule has 0 saturated heterocycles. The summed E-state index contributed by atoms with van der Waals surface area (Å²) in [7, 11) is 0. The molecule has 2 aromatic heterocycles. The molecular formula is C13H15N3O2. The van der Waals surface area contributed by atoms with E-state index in [0.29, 0.717) is 5.69 Å². The predicted molar refractivity (Wildman–Crippen MR) is 66.8 cm³/mol. The number of nitrogens with zero attached hydrogens (tertiary/aromatic N) is 2. The van der Waals surface area contributed by atoms with Gasteiger partial charge in [-0.2, -0.15) is 0 Å². The molecule has 2 aromatic rings. The smallest absolute Gasteiger partial charge is 0.172 e. The number of furan rings is 1. The zero-order valence-corrected chi connectivity index (χ0v) is 10.1. The van der Waals surface area contributed by atoms with Gasteiger partial charge in [-0.3, -0.25) is 4.79 Å². The van der Waals surface area contributed by atoms with Gasteiger partial charge < -0.3 is 14.3 Å². The summed E-state index contributed by atoms with van der Waals surface area (Å²) in [6.07, 6.45) is 5.16. The number of hydrogen-bond acceptors (Lipinski definition) is 4. The van der Waals surface area contributed by atoms with Crippen molar-refractivity contribution in [2.45, 2.75) is 25.8 Å². The van der Waals surface area contributed by atoms with Crippen LogP contribution < -0.4 is 5.32 Å².